The first-order chi connectivity index (χ1) is 14.8. The maximum atomic E-state index is 13.1. The van der Waals surface area contributed by atoms with E-state index in [-0.39, 0.29) is 10.9 Å². The molecule has 2 aliphatic rings. The Bertz CT molecular complexity index is 1150. The molecule has 2 aromatic rings. The van der Waals surface area contributed by atoms with Crippen LogP contribution in [0.5, 0.6) is 11.5 Å². The van der Waals surface area contributed by atoms with Crippen molar-refractivity contribution in [3.63, 3.8) is 0 Å². The van der Waals surface area contributed by atoms with Gasteiger partial charge in [-0.15, -0.1) is 0 Å². The molecule has 0 amide bonds. The third kappa shape index (κ3) is 3.74. The number of benzene rings is 2. The third-order valence-electron chi connectivity index (χ3n) is 5.41. The van der Waals surface area contributed by atoms with Crippen LogP contribution in [-0.4, -0.2) is 37.3 Å². The Morgan fingerprint density at radius 2 is 1.74 bits per heavy atom. The Kier molecular flexibility index (Phi) is 5.18. The summed E-state index contributed by atoms with van der Waals surface area (Å²) in [6, 6.07) is 10.9. The number of quaternary nitrogens is 1. The Balaban J connectivity index is 1.63. The van der Waals surface area contributed by atoms with Gasteiger partial charge in [0.15, 0.2) is 17.2 Å². The van der Waals surface area contributed by atoms with Crippen molar-refractivity contribution in [2.24, 2.45) is 9.98 Å². The Morgan fingerprint density at radius 3 is 2.45 bits per heavy atom. The van der Waals surface area contributed by atoms with Crippen LogP contribution < -0.4 is 9.47 Å². The summed E-state index contributed by atoms with van der Waals surface area (Å²) in [6.45, 7) is 0. The molecule has 0 aromatic heterocycles. The third-order valence-corrected chi connectivity index (χ3v) is 5.41. The zero-order valence-electron chi connectivity index (χ0n) is 17.3. The zero-order chi connectivity index (χ0) is 22.2. The van der Waals surface area contributed by atoms with Crippen LogP contribution in [0, 0.1) is 0 Å². The van der Waals surface area contributed by atoms with Gasteiger partial charge in [0.1, 0.15) is 11.9 Å². The first-order valence-electron chi connectivity index (χ1n) is 9.55. The molecule has 1 atom stereocenters. The minimum absolute atomic E-state index is 0.244. The number of alkyl halides is 3. The zero-order valence-corrected chi connectivity index (χ0v) is 17.3. The molecule has 0 saturated carbocycles. The molecule has 0 saturated heterocycles. The number of hydrogen-bond acceptors (Lipinski definition) is 4. The van der Waals surface area contributed by atoms with Crippen molar-refractivity contribution in [1.29, 1.82) is 0 Å². The number of nitrogens with zero attached hydrogens (tertiary/aromatic N) is 3. The van der Waals surface area contributed by atoms with Crippen LogP contribution in [0.15, 0.2) is 71.0 Å². The van der Waals surface area contributed by atoms with Crippen LogP contribution >= 0.6 is 0 Å². The highest BCUT2D eigenvalue weighted by atomic mass is 19.4. The first kappa shape index (κ1) is 20.9. The number of rotatable bonds is 5. The average Bonchev–Trinajstić information content (AvgIpc) is 3.11. The van der Waals surface area contributed by atoms with Crippen LogP contribution in [0.3, 0.4) is 0 Å². The Labute approximate surface area is 178 Å². The van der Waals surface area contributed by atoms with Crippen molar-refractivity contribution >= 4 is 17.2 Å². The average molecular weight is 428 g/mol. The monoisotopic (exact) mass is 428 g/mol. The molecule has 2 aromatic carbocycles. The molecule has 5 nitrogen and oxygen atoms in total. The highest BCUT2D eigenvalue weighted by molar-refractivity contribution is 6.41. The van der Waals surface area contributed by atoms with Gasteiger partial charge in [-0.3, -0.25) is 0 Å². The molecule has 0 aliphatic carbocycles. The fourth-order valence-electron chi connectivity index (χ4n) is 3.80. The lowest BCUT2D eigenvalue weighted by molar-refractivity contribution is -0.679. The number of halogens is 3. The van der Waals surface area contributed by atoms with Gasteiger partial charge in [0.25, 0.3) is 5.84 Å². The largest absolute Gasteiger partial charge is 0.493 e. The SMILES string of the molecule is COc1ccc(C2=CN=C3C(Cc4cccc(C(F)(F)F)c4)=NC=C[N+]23C)cc1OC. The van der Waals surface area contributed by atoms with Crippen LogP contribution in [0.25, 0.3) is 5.70 Å². The summed E-state index contributed by atoms with van der Waals surface area (Å²) < 4.78 is 50.2. The van der Waals surface area contributed by atoms with Crippen molar-refractivity contribution < 1.29 is 27.1 Å². The summed E-state index contributed by atoms with van der Waals surface area (Å²) in [5.41, 5.74) is 2.26. The maximum Gasteiger partial charge on any atom is 0.416 e. The minimum atomic E-state index is -4.39. The lowest BCUT2D eigenvalue weighted by Gasteiger charge is -2.30. The molecule has 0 fully saturated rings. The van der Waals surface area contributed by atoms with Gasteiger partial charge in [-0.05, 0) is 29.8 Å². The lowest BCUT2D eigenvalue weighted by Crippen LogP contribution is -2.46. The summed E-state index contributed by atoms with van der Waals surface area (Å²) in [5.74, 6) is 1.89. The molecule has 0 N–H and O–H groups in total. The van der Waals surface area contributed by atoms with E-state index in [1.165, 1.54) is 6.07 Å². The van der Waals surface area contributed by atoms with E-state index in [2.05, 4.69) is 9.98 Å². The smallest absolute Gasteiger partial charge is 0.416 e. The normalized spacial score (nSPS) is 20.0. The number of hydrogen-bond donors (Lipinski definition) is 0. The molecule has 2 heterocycles. The van der Waals surface area contributed by atoms with Gasteiger partial charge >= 0.3 is 6.18 Å². The van der Waals surface area contributed by atoms with Gasteiger partial charge in [-0.25, -0.2) is 9.48 Å². The van der Waals surface area contributed by atoms with Gasteiger partial charge in [0.05, 0.1) is 39.2 Å². The number of methoxy groups -OCH3 is 2. The second-order valence-electron chi connectivity index (χ2n) is 7.36. The molecule has 0 bridgehead atoms. The van der Waals surface area contributed by atoms with Gasteiger partial charge in [-0.1, -0.05) is 18.2 Å². The maximum absolute atomic E-state index is 13.1. The Hall–Kier alpha value is -3.39. The van der Waals surface area contributed by atoms with E-state index in [1.54, 1.807) is 32.7 Å². The minimum Gasteiger partial charge on any atom is -0.493 e. The molecule has 8 heteroatoms. The van der Waals surface area contributed by atoms with Crippen molar-refractivity contribution in [3.8, 4) is 11.5 Å². The second kappa shape index (κ2) is 7.70. The topological polar surface area (TPSA) is 43.2 Å². The van der Waals surface area contributed by atoms with Crippen LogP contribution in [0.4, 0.5) is 13.2 Å². The van der Waals surface area contributed by atoms with Gasteiger partial charge in [0, 0.05) is 12.0 Å². The molecule has 0 radical (unpaired) electrons. The van der Waals surface area contributed by atoms with E-state index < -0.39 is 11.7 Å². The van der Waals surface area contributed by atoms with E-state index in [0.29, 0.717) is 28.6 Å². The fraction of sp³-hybridized carbons (Fsp3) is 0.217. The molecular formula is C23H21F3N3O2+. The number of amidine groups is 1. The van der Waals surface area contributed by atoms with E-state index >= 15 is 0 Å². The standard InChI is InChI=1S/C23H21F3N3O2/c1-29-10-9-27-18(12-15-5-4-6-17(11-15)23(24,25)26)22(29)28-14-19(29)16-7-8-20(30-2)21(13-16)31-3/h4-11,13-14H,12H2,1-3H3/q+1. The summed E-state index contributed by atoms with van der Waals surface area (Å²) in [5, 5.41) is 0. The van der Waals surface area contributed by atoms with Gasteiger partial charge in [0.2, 0.25) is 0 Å². The number of fused-ring (bicyclic) bond motifs is 1. The van der Waals surface area contributed by atoms with Crippen molar-refractivity contribution in [2.45, 2.75) is 12.6 Å². The van der Waals surface area contributed by atoms with Crippen LogP contribution in [0.2, 0.25) is 0 Å². The predicted octanol–water partition coefficient (Wildman–Crippen LogP) is 5.05. The molecule has 31 heavy (non-hydrogen) atoms. The van der Waals surface area contributed by atoms with Crippen molar-refractivity contribution in [2.75, 3.05) is 21.3 Å². The summed E-state index contributed by atoms with van der Waals surface area (Å²) in [6.07, 6.45) is 1.18. The van der Waals surface area contributed by atoms with E-state index in [4.69, 9.17) is 9.47 Å². The fourth-order valence-corrected chi connectivity index (χ4v) is 3.80. The highest BCUT2D eigenvalue weighted by Gasteiger charge is 2.42. The van der Waals surface area contributed by atoms with Crippen molar-refractivity contribution in [3.05, 3.63) is 77.8 Å². The summed E-state index contributed by atoms with van der Waals surface area (Å²) >= 11 is 0. The second-order valence-corrected chi connectivity index (χ2v) is 7.36. The van der Waals surface area contributed by atoms with Gasteiger partial charge in [-0.2, -0.15) is 18.2 Å². The number of ether oxygens (including phenoxy) is 2. The summed E-state index contributed by atoms with van der Waals surface area (Å²) in [7, 11) is 5.11. The molecule has 4 rings (SSSR count). The van der Waals surface area contributed by atoms with Crippen molar-refractivity contribution in [1.82, 2.24) is 0 Å². The predicted molar refractivity (Wildman–Crippen MR) is 113 cm³/mol. The molecule has 0 spiro atoms. The van der Waals surface area contributed by atoms with E-state index in [1.807, 2.05) is 31.4 Å². The molecule has 160 valence electrons. The number of aliphatic imine (C=N–C) groups is 2. The molecular weight excluding hydrogens is 407 g/mol. The van der Waals surface area contributed by atoms with E-state index in [9.17, 15) is 13.2 Å². The van der Waals surface area contributed by atoms with Gasteiger partial charge < -0.3 is 9.47 Å². The first-order valence-corrected chi connectivity index (χ1v) is 9.55. The lowest BCUT2D eigenvalue weighted by atomic mass is 10.0. The highest BCUT2D eigenvalue weighted by Crippen LogP contribution is 2.38. The Morgan fingerprint density at radius 1 is 0.968 bits per heavy atom. The quantitative estimate of drug-likeness (QED) is 0.626. The summed E-state index contributed by atoms with van der Waals surface area (Å²) in [4.78, 5) is 9.01. The van der Waals surface area contributed by atoms with E-state index in [0.717, 1.165) is 23.4 Å². The molecule has 2 aliphatic heterocycles. The van der Waals surface area contributed by atoms with Crippen LogP contribution in [0.1, 0.15) is 16.7 Å². The van der Waals surface area contributed by atoms with Crippen LogP contribution in [-0.2, 0) is 12.6 Å². The molecule has 1 unspecified atom stereocenters.